The van der Waals surface area contributed by atoms with Crippen LogP contribution in [0.4, 0.5) is 0 Å². The van der Waals surface area contributed by atoms with Gasteiger partial charge in [-0.15, -0.1) is 0 Å². The molecule has 0 aromatic carbocycles. The lowest BCUT2D eigenvalue weighted by atomic mass is 10.2. The molecule has 0 fully saturated rings. The van der Waals surface area contributed by atoms with E-state index in [4.69, 9.17) is 0 Å². The molecule has 0 saturated heterocycles. The highest BCUT2D eigenvalue weighted by atomic mass is 16.2. The van der Waals surface area contributed by atoms with E-state index in [9.17, 15) is 4.79 Å². The Morgan fingerprint density at radius 1 is 1.29 bits per heavy atom. The van der Waals surface area contributed by atoms with Crippen LogP contribution in [0.5, 0.6) is 0 Å². The zero-order valence-corrected chi connectivity index (χ0v) is 11.4. The van der Waals surface area contributed by atoms with E-state index >= 15 is 0 Å². The molecule has 0 aliphatic heterocycles. The maximum Gasteiger partial charge on any atom is 0.252 e. The predicted octanol–water partition coefficient (Wildman–Crippen LogP) is 0.0698. The van der Waals surface area contributed by atoms with Gasteiger partial charge in [0.25, 0.3) is 5.78 Å². The first-order valence-electron chi connectivity index (χ1n) is 6.70. The number of aromatic nitrogens is 6. The Hall–Kier alpha value is -2.77. The lowest BCUT2D eigenvalue weighted by Gasteiger charge is -2.05. The summed E-state index contributed by atoms with van der Waals surface area (Å²) < 4.78 is 3.24. The summed E-state index contributed by atoms with van der Waals surface area (Å²) in [5.74, 6) is 0.551. The molecular formula is C13H15N7O. The van der Waals surface area contributed by atoms with Gasteiger partial charge in [-0.25, -0.2) is 9.50 Å². The van der Waals surface area contributed by atoms with Crippen LogP contribution in [-0.4, -0.2) is 41.8 Å². The van der Waals surface area contributed by atoms with Crippen LogP contribution in [-0.2, 0) is 17.8 Å². The minimum absolute atomic E-state index is 0.0384. The van der Waals surface area contributed by atoms with Crippen molar-refractivity contribution in [3.8, 4) is 0 Å². The number of hydrogen-bond acceptors (Lipinski definition) is 5. The molecule has 1 N–H and O–H groups in total. The maximum atomic E-state index is 11.7. The molecule has 3 aromatic heterocycles. The minimum Gasteiger partial charge on any atom is -0.354 e. The van der Waals surface area contributed by atoms with Gasteiger partial charge in [0.1, 0.15) is 12.9 Å². The van der Waals surface area contributed by atoms with Gasteiger partial charge in [0.2, 0.25) is 5.91 Å². The first-order valence-corrected chi connectivity index (χ1v) is 6.70. The standard InChI is InChI=1S/C13H15N7O/c21-12(9-19-6-2-5-17-19)14-4-1-3-11-7-15-13-16-10-18-20(13)8-11/h2,5-8,10H,1,3-4,9H2,(H,14,21). The molecule has 0 saturated carbocycles. The van der Waals surface area contributed by atoms with Crippen LogP contribution >= 0.6 is 0 Å². The van der Waals surface area contributed by atoms with Crippen LogP contribution in [0.25, 0.3) is 5.78 Å². The fourth-order valence-electron chi connectivity index (χ4n) is 2.00. The van der Waals surface area contributed by atoms with Crippen molar-refractivity contribution in [1.82, 2.24) is 34.7 Å². The summed E-state index contributed by atoms with van der Waals surface area (Å²) in [6.07, 6.45) is 10.2. The number of carbonyl (C=O) groups excluding carboxylic acids is 1. The fraction of sp³-hybridized carbons (Fsp3) is 0.308. The third kappa shape index (κ3) is 3.41. The van der Waals surface area contributed by atoms with E-state index in [1.807, 2.05) is 6.20 Å². The highest BCUT2D eigenvalue weighted by Gasteiger charge is 2.03. The third-order valence-corrected chi connectivity index (χ3v) is 3.02. The normalized spacial score (nSPS) is 10.9. The molecule has 0 unspecified atom stereocenters. The molecule has 0 spiro atoms. The number of nitrogens with zero attached hydrogens (tertiary/aromatic N) is 6. The Balaban J connectivity index is 1.42. The molecule has 3 rings (SSSR count). The zero-order valence-electron chi connectivity index (χ0n) is 11.4. The SMILES string of the molecule is O=C(Cn1cccn1)NCCCc1cnc2ncnn2c1. The summed E-state index contributed by atoms with van der Waals surface area (Å²) in [6, 6.07) is 1.79. The van der Waals surface area contributed by atoms with Gasteiger partial charge in [0.05, 0.1) is 0 Å². The molecule has 3 aromatic rings. The Morgan fingerprint density at radius 2 is 2.24 bits per heavy atom. The van der Waals surface area contributed by atoms with Crippen molar-refractivity contribution in [2.45, 2.75) is 19.4 Å². The van der Waals surface area contributed by atoms with Gasteiger partial charge in [-0.05, 0) is 24.5 Å². The average Bonchev–Trinajstić information content (AvgIpc) is 3.14. The average molecular weight is 285 g/mol. The Kier molecular flexibility index (Phi) is 3.85. The number of hydrogen-bond donors (Lipinski definition) is 1. The van der Waals surface area contributed by atoms with E-state index in [-0.39, 0.29) is 12.5 Å². The van der Waals surface area contributed by atoms with E-state index in [1.165, 1.54) is 6.33 Å². The molecule has 8 nitrogen and oxygen atoms in total. The predicted molar refractivity (Wildman–Crippen MR) is 74.3 cm³/mol. The summed E-state index contributed by atoms with van der Waals surface area (Å²) in [5.41, 5.74) is 1.06. The Labute approximate surface area is 120 Å². The van der Waals surface area contributed by atoms with Crippen molar-refractivity contribution in [3.63, 3.8) is 0 Å². The van der Waals surface area contributed by atoms with Gasteiger partial charge in [-0.3, -0.25) is 9.48 Å². The Bertz CT molecular complexity index is 719. The molecule has 0 radical (unpaired) electrons. The first kappa shape index (κ1) is 13.2. The van der Waals surface area contributed by atoms with Crippen LogP contribution in [0.15, 0.2) is 37.2 Å². The molecule has 0 aliphatic rings. The summed E-state index contributed by atoms with van der Waals surface area (Å²) >= 11 is 0. The first-order chi connectivity index (χ1) is 10.3. The number of fused-ring (bicyclic) bond motifs is 1. The molecule has 0 aliphatic carbocycles. The lowest BCUT2D eigenvalue weighted by Crippen LogP contribution is -2.28. The molecule has 0 atom stereocenters. The monoisotopic (exact) mass is 285 g/mol. The van der Waals surface area contributed by atoms with Crippen molar-refractivity contribution >= 4 is 11.7 Å². The van der Waals surface area contributed by atoms with Crippen molar-refractivity contribution in [3.05, 3.63) is 42.7 Å². The van der Waals surface area contributed by atoms with Crippen molar-refractivity contribution < 1.29 is 4.79 Å². The summed E-state index contributed by atoms with van der Waals surface area (Å²) in [4.78, 5) is 19.8. The van der Waals surface area contributed by atoms with Gasteiger partial charge in [0, 0.05) is 31.3 Å². The summed E-state index contributed by atoms with van der Waals surface area (Å²) in [7, 11) is 0. The number of rotatable bonds is 6. The summed E-state index contributed by atoms with van der Waals surface area (Å²) in [5, 5.41) is 10.9. The van der Waals surface area contributed by atoms with E-state index in [0.717, 1.165) is 18.4 Å². The van der Waals surface area contributed by atoms with Gasteiger partial charge < -0.3 is 5.32 Å². The second-order valence-electron chi connectivity index (χ2n) is 4.62. The Morgan fingerprint density at radius 3 is 3.10 bits per heavy atom. The number of nitrogens with one attached hydrogen (secondary N) is 1. The second kappa shape index (κ2) is 6.12. The third-order valence-electron chi connectivity index (χ3n) is 3.02. The smallest absolute Gasteiger partial charge is 0.252 e. The van der Waals surface area contributed by atoms with Crippen LogP contribution in [0.2, 0.25) is 0 Å². The molecular weight excluding hydrogens is 270 g/mol. The van der Waals surface area contributed by atoms with Gasteiger partial charge in [-0.2, -0.15) is 15.2 Å². The van der Waals surface area contributed by atoms with Crippen molar-refractivity contribution in [2.24, 2.45) is 0 Å². The van der Waals surface area contributed by atoms with Crippen LogP contribution in [0.1, 0.15) is 12.0 Å². The van der Waals surface area contributed by atoms with E-state index < -0.39 is 0 Å². The van der Waals surface area contributed by atoms with Gasteiger partial charge in [0.15, 0.2) is 0 Å². The molecule has 21 heavy (non-hydrogen) atoms. The van der Waals surface area contributed by atoms with Crippen LogP contribution in [0, 0.1) is 0 Å². The lowest BCUT2D eigenvalue weighted by molar-refractivity contribution is -0.121. The highest BCUT2D eigenvalue weighted by Crippen LogP contribution is 2.02. The number of carbonyl (C=O) groups is 1. The quantitative estimate of drug-likeness (QED) is 0.647. The topological polar surface area (TPSA) is 90.0 Å². The van der Waals surface area contributed by atoms with Crippen LogP contribution < -0.4 is 5.32 Å². The largest absolute Gasteiger partial charge is 0.354 e. The van der Waals surface area contributed by atoms with Crippen molar-refractivity contribution in [1.29, 1.82) is 0 Å². The second-order valence-corrected chi connectivity index (χ2v) is 4.62. The molecule has 108 valence electrons. The van der Waals surface area contributed by atoms with Crippen LogP contribution in [0.3, 0.4) is 0 Å². The van der Waals surface area contributed by atoms with E-state index in [1.54, 1.807) is 33.9 Å². The van der Waals surface area contributed by atoms with E-state index in [2.05, 4.69) is 25.5 Å². The minimum atomic E-state index is -0.0384. The molecule has 3 heterocycles. The van der Waals surface area contributed by atoms with Crippen molar-refractivity contribution in [2.75, 3.05) is 6.54 Å². The fourth-order valence-corrected chi connectivity index (χ4v) is 2.00. The van der Waals surface area contributed by atoms with Gasteiger partial charge in [-0.1, -0.05) is 0 Å². The number of aryl methyl sites for hydroxylation is 1. The zero-order chi connectivity index (χ0) is 14.5. The van der Waals surface area contributed by atoms with E-state index in [0.29, 0.717) is 12.3 Å². The molecule has 0 bridgehead atoms. The number of amides is 1. The highest BCUT2D eigenvalue weighted by molar-refractivity contribution is 5.75. The summed E-state index contributed by atoms with van der Waals surface area (Å²) in [6.45, 7) is 0.870. The molecule has 1 amide bonds. The van der Waals surface area contributed by atoms with Gasteiger partial charge >= 0.3 is 0 Å². The maximum absolute atomic E-state index is 11.7. The molecule has 8 heteroatoms.